The standard InChI is InChI=1S/C19H23N3O2S2/c1-13(2)18(21-17(23)11-16-5-4-10-26-16)19(24)22-20-12-14-6-8-15(25-3)9-7-14/h4-10,12-13,18H,11H2,1-3H3,(H,21,23)(H,22,24)/b20-12-/t18-/m0/s1. The van der Waals surface area contributed by atoms with Gasteiger partial charge in [-0.15, -0.1) is 23.1 Å². The summed E-state index contributed by atoms with van der Waals surface area (Å²) >= 11 is 3.19. The molecule has 1 aromatic carbocycles. The summed E-state index contributed by atoms with van der Waals surface area (Å²) in [5, 5.41) is 8.73. The Bertz CT molecular complexity index is 741. The third-order valence-corrected chi connectivity index (χ3v) is 5.30. The first-order valence-corrected chi connectivity index (χ1v) is 10.4. The summed E-state index contributed by atoms with van der Waals surface area (Å²) in [6, 6.07) is 11.0. The molecule has 0 aliphatic carbocycles. The van der Waals surface area contributed by atoms with Crippen LogP contribution in [-0.4, -0.2) is 30.3 Å². The number of nitrogens with zero attached hydrogens (tertiary/aromatic N) is 1. The van der Waals surface area contributed by atoms with E-state index in [1.54, 1.807) is 18.0 Å². The van der Waals surface area contributed by atoms with E-state index in [-0.39, 0.29) is 24.2 Å². The third kappa shape index (κ3) is 6.31. The van der Waals surface area contributed by atoms with Gasteiger partial charge in [-0.25, -0.2) is 5.43 Å². The summed E-state index contributed by atoms with van der Waals surface area (Å²) in [5.41, 5.74) is 3.41. The maximum atomic E-state index is 12.4. The quantitative estimate of drug-likeness (QED) is 0.413. The Morgan fingerprint density at radius 3 is 2.54 bits per heavy atom. The number of thioether (sulfide) groups is 1. The summed E-state index contributed by atoms with van der Waals surface area (Å²) in [5.74, 6) is -0.534. The highest BCUT2D eigenvalue weighted by molar-refractivity contribution is 7.98. The molecule has 0 unspecified atom stereocenters. The molecule has 0 saturated heterocycles. The van der Waals surface area contributed by atoms with Crippen molar-refractivity contribution in [3.63, 3.8) is 0 Å². The fourth-order valence-corrected chi connectivity index (χ4v) is 3.37. The van der Waals surface area contributed by atoms with Crippen molar-refractivity contribution < 1.29 is 9.59 Å². The van der Waals surface area contributed by atoms with Gasteiger partial charge in [-0.05, 0) is 41.3 Å². The topological polar surface area (TPSA) is 70.6 Å². The van der Waals surface area contributed by atoms with E-state index in [1.807, 2.05) is 61.9 Å². The summed E-state index contributed by atoms with van der Waals surface area (Å²) in [6.07, 6.45) is 3.88. The van der Waals surface area contributed by atoms with Gasteiger partial charge in [-0.3, -0.25) is 9.59 Å². The van der Waals surface area contributed by atoms with Gasteiger partial charge in [0.05, 0.1) is 12.6 Å². The lowest BCUT2D eigenvalue weighted by Crippen LogP contribution is -2.49. The molecule has 2 rings (SSSR count). The van der Waals surface area contributed by atoms with E-state index >= 15 is 0 Å². The van der Waals surface area contributed by atoms with Crippen molar-refractivity contribution >= 4 is 41.1 Å². The average molecular weight is 390 g/mol. The Morgan fingerprint density at radius 2 is 1.96 bits per heavy atom. The number of carbonyl (C=O) groups is 2. The Balaban J connectivity index is 1.90. The minimum absolute atomic E-state index is 0.0432. The number of hydrogen-bond acceptors (Lipinski definition) is 5. The van der Waals surface area contributed by atoms with E-state index in [0.29, 0.717) is 0 Å². The fraction of sp³-hybridized carbons (Fsp3) is 0.316. The minimum atomic E-state index is -0.626. The van der Waals surface area contributed by atoms with Crippen molar-refractivity contribution in [2.24, 2.45) is 11.0 Å². The van der Waals surface area contributed by atoms with Crippen LogP contribution in [0.25, 0.3) is 0 Å². The van der Waals surface area contributed by atoms with Gasteiger partial charge >= 0.3 is 0 Å². The van der Waals surface area contributed by atoms with Crippen LogP contribution in [0.3, 0.4) is 0 Å². The van der Waals surface area contributed by atoms with Crippen molar-refractivity contribution in [1.82, 2.24) is 10.7 Å². The Morgan fingerprint density at radius 1 is 1.23 bits per heavy atom. The molecule has 0 saturated carbocycles. The van der Waals surface area contributed by atoms with Crippen molar-refractivity contribution in [1.29, 1.82) is 0 Å². The van der Waals surface area contributed by atoms with Crippen LogP contribution < -0.4 is 10.7 Å². The molecule has 1 heterocycles. The van der Waals surface area contributed by atoms with Crippen LogP contribution >= 0.6 is 23.1 Å². The molecule has 0 aliphatic rings. The van der Waals surface area contributed by atoms with Crippen LogP contribution in [0, 0.1) is 5.92 Å². The lowest BCUT2D eigenvalue weighted by molar-refractivity contribution is -0.129. The SMILES string of the molecule is CSc1ccc(/C=N\NC(=O)[C@@H](NC(=O)Cc2cccs2)C(C)C)cc1. The van der Waals surface area contributed by atoms with Crippen molar-refractivity contribution in [3.8, 4) is 0 Å². The van der Waals surface area contributed by atoms with Crippen LogP contribution in [0.2, 0.25) is 0 Å². The number of benzene rings is 1. The zero-order valence-corrected chi connectivity index (χ0v) is 16.7. The minimum Gasteiger partial charge on any atom is -0.344 e. The molecule has 0 aliphatic heterocycles. The largest absolute Gasteiger partial charge is 0.344 e. The van der Waals surface area contributed by atoms with Crippen LogP contribution in [0.5, 0.6) is 0 Å². The molecule has 7 heteroatoms. The molecular weight excluding hydrogens is 366 g/mol. The van der Waals surface area contributed by atoms with Crippen LogP contribution in [0.15, 0.2) is 51.8 Å². The van der Waals surface area contributed by atoms with Crippen molar-refractivity contribution in [3.05, 3.63) is 52.2 Å². The summed E-state index contributed by atoms with van der Waals surface area (Å²) < 4.78 is 0. The van der Waals surface area contributed by atoms with E-state index in [1.165, 1.54) is 16.2 Å². The molecule has 2 N–H and O–H groups in total. The number of hydrazone groups is 1. The van der Waals surface area contributed by atoms with Gasteiger partial charge in [0.25, 0.3) is 5.91 Å². The fourth-order valence-electron chi connectivity index (χ4n) is 2.26. The molecule has 2 aromatic rings. The molecule has 1 atom stereocenters. The van der Waals surface area contributed by atoms with Crippen LogP contribution in [-0.2, 0) is 16.0 Å². The predicted molar refractivity (Wildman–Crippen MR) is 109 cm³/mol. The van der Waals surface area contributed by atoms with E-state index < -0.39 is 6.04 Å². The molecule has 1 aromatic heterocycles. The molecule has 138 valence electrons. The van der Waals surface area contributed by atoms with Gasteiger partial charge < -0.3 is 5.32 Å². The second kappa shape index (κ2) is 10.1. The zero-order valence-electron chi connectivity index (χ0n) is 15.1. The first kappa shape index (κ1) is 20.2. The summed E-state index contributed by atoms with van der Waals surface area (Å²) in [4.78, 5) is 26.7. The molecule has 0 fully saturated rings. The van der Waals surface area contributed by atoms with Gasteiger partial charge in [0.15, 0.2) is 0 Å². The molecule has 5 nitrogen and oxygen atoms in total. The van der Waals surface area contributed by atoms with E-state index in [0.717, 1.165) is 10.4 Å². The average Bonchev–Trinajstić information content (AvgIpc) is 3.12. The van der Waals surface area contributed by atoms with Crippen molar-refractivity contribution in [2.75, 3.05) is 6.26 Å². The number of amides is 2. The smallest absolute Gasteiger partial charge is 0.262 e. The first-order valence-electron chi connectivity index (χ1n) is 8.28. The van der Waals surface area contributed by atoms with E-state index in [9.17, 15) is 9.59 Å². The summed E-state index contributed by atoms with van der Waals surface area (Å²) in [7, 11) is 0. The van der Waals surface area contributed by atoms with Gasteiger partial charge in [-0.1, -0.05) is 32.0 Å². The number of rotatable bonds is 8. The Kier molecular flexibility index (Phi) is 7.87. The highest BCUT2D eigenvalue weighted by Gasteiger charge is 2.24. The maximum absolute atomic E-state index is 12.4. The normalized spacial score (nSPS) is 12.3. The molecule has 0 radical (unpaired) electrons. The highest BCUT2D eigenvalue weighted by atomic mass is 32.2. The molecule has 2 amide bonds. The first-order chi connectivity index (χ1) is 12.5. The second-order valence-corrected chi connectivity index (χ2v) is 7.96. The monoisotopic (exact) mass is 389 g/mol. The summed E-state index contributed by atoms with van der Waals surface area (Å²) in [6.45, 7) is 3.78. The number of nitrogens with one attached hydrogen (secondary N) is 2. The molecule has 26 heavy (non-hydrogen) atoms. The van der Waals surface area contributed by atoms with Gasteiger partial charge in [0.1, 0.15) is 6.04 Å². The van der Waals surface area contributed by atoms with Gasteiger partial charge in [0.2, 0.25) is 5.91 Å². The third-order valence-electron chi connectivity index (χ3n) is 3.68. The van der Waals surface area contributed by atoms with Crippen molar-refractivity contribution in [2.45, 2.75) is 31.2 Å². The van der Waals surface area contributed by atoms with E-state index in [2.05, 4.69) is 15.8 Å². The number of hydrogen-bond donors (Lipinski definition) is 2. The Labute approximate surface area is 162 Å². The van der Waals surface area contributed by atoms with E-state index in [4.69, 9.17) is 0 Å². The number of thiophene rings is 1. The lowest BCUT2D eigenvalue weighted by Gasteiger charge is -2.20. The van der Waals surface area contributed by atoms with Gasteiger partial charge in [0, 0.05) is 9.77 Å². The molecular formula is C19H23N3O2S2. The Hall–Kier alpha value is -2.12. The molecule has 0 spiro atoms. The van der Waals surface area contributed by atoms with Gasteiger partial charge in [-0.2, -0.15) is 5.10 Å². The van der Waals surface area contributed by atoms with Crippen LogP contribution in [0.4, 0.5) is 0 Å². The second-order valence-electron chi connectivity index (χ2n) is 6.05. The predicted octanol–water partition coefficient (Wildman–Crippen LogP) is 3.30. The number of carbonyl (C=O) groups excluding carboxylic acids is 2. The zero-order chi connectivity index (χ0) is 18.9. The lowest BCUT2D eigenvalue weighted by atomic mass is 10.0. The van der Waals surface area contributed by atoms with Crippen LogP contribution in [0.1, 0.15) is 24.3 Å². The maximum Gasteiger partial charge on any atom is 0.262 e. The highest BCUT2D eigenvalue weighted by Crippen LogP contribution is 2.14. The molecule has 0 bridgehead atoms.